The van der Waals surface area contributed by atoms with Crippen LogP contribution in [0.1, 0.15) is 18.1 Å². The standard InChI is InChI=1S/C14H12N2O/c15-9-12-5-7-17-14(12)11-3-4-13-10(8-11)2-1-6-16-13/h1-4,6,8,12,14H,5,7H2. The van der Waals surface area contributed by atoms with Crippen molar-refractivity contribution >= 4 is 10.9 Å². The highest BCUT2D eigenvalue weighted by atomic mass is 16.5. The summed E-state index contributed by atoms with van der Waals surface area (Å²) in [5, 5.41) is 10.2. The molecule has 0 radical (unpaired) electrons. The van der Waals surface area contributed by atoms with Gasteiger partial charge in [0.15, 0.2) is 0 Å². The van der Waals surface area contributed by atoms with Crippen molar-refractivity contribution in [3.63, 3.8) is 0 Å². The van der Waals surface area contributed by atoms with E-state index in [4.69, 9.17) is 10.00 Å². The third-order valence-electron chi connectivity index (χ3n) is 3.21. The second kappa shape index (κ2) is 4.15. The first-order chi connectivity index (χ1) is 8.38. The third-order valence-corrected chi connectivity index (χ3v) is 3.21. The molecular weight excluding hydrogens is 212 g/mol. The van der Waals surface area contributed by atoms with Crippen LogP contribution < -0.4 is 0 Å². The summed E-state index contributed by atoms with van der Waals surface area (Å²) in [5.41, 5.74) is 2.05. The molecular formula is C14H12N2O. The maximum Gasteiger partial charge on any atom is 0.0984 e. The highest BCUT2D eigenvalue weighted by Gasteiger charge is 2.29. The molecule has 0 aliphatic carbocycles. The Labute approximate surface area is 99.7 Å². The smallest absolute Gasteiger partial charge is 0.0984 e. The van der Waals surface area contributed by atoms with Gasteiger partial charge < -0.3 is 4.74 Å². The molecule has 3 nitrogen and oxygen atoms in total. The lowest BCUT2D eigenvalue weighted by Crippen LogP contribution is -2.05. The SMILES string of the molecule is N#CC1CCOC1c1ccc2ncccc2c1. The van der Waals surface area contributed by atoms with Gasteiger partial charge in [-0.3, -0.25) is 4.98 Å². The molecule has 0 saturated carbocycles. The second-order valence-corrected chi connectivity index (χ2v) is 4.27. The fourth-order valence-electron chi connectivity index (χ4n) is 2.32. The molecule has 0 spiro atoms. The van der Waals surface area contributed by atoms with Crippen molar-refractivity contribution in [3.8, 4) is 6.07 Å². The Kier molecular flexibility index (Phi) is 2.50. The predicted octanol–water partition coefficient (Wildman–Crippen LogP) is 2.84. The third kappa shape index (κ3) is 1.77. The lowest BCUT2D eigenvalue weighted by molar-refractivity contribution is 0.101. The van der Waals surface area contributed by atoms with Gasteiger partial charge in [0, 0.05) is 18.2 Å². The minimum absolute atomic E-state index is 0.0240. The van der Waals surface area contributed by atoms with Gasteiger partial charge in [-0.15, -0.1) is 0 Å². The Morgan fingerprint density at radius 2 is 2.29 bits per heavy atom. The maximum atomic E-state index is 9.07. The number of fused-ring (bicyclic) bond motifs is 1. The van der Waals surface area contributed by atoms with Crippen molar-refractivity contribution < 1.29 is 4.74 Å². The van der Waals surface area contributed by atoms with Gasteiger partial charge in [0.05, 0.1) is 23.6 Å². The molecule has 1 aromatic heterocycles. The Balaban J connectivity index is 2.03. The van der Waals surface area contributed by atoms with E-state index >= 15 is 0 Å². The molecule has 1 aliphatic rings. The number of hydrogen-bond acceptors (Lipinski definition) is 3. The number of ether oxygens (including phenoxy) is 1. The molecule has 1 saturated heterocycles. The van der Waals surface area contributed by atoms with Gasteiger partial charge in [0.1, 0.15) is 0 Å². The van der Waals surface area contributed by atoms with E-state index in [2.05, 4.69) is 17.1 Å². The monoisotopic (exact) mass is 224 g/mol. The van der Waals surface area contributed by atoms with Gasteiger partial charge in [0.25, 0.3) is 0 Å². The quantitative estimate of drug-likeness (QED) is 0.748. The van der Waals surface area contributed by atoms with Crippen LogP contribution in [-0.4, -0.2) is 11.6 Å². The second-order valence-electron chi connectivity index (χ2n) is 4.27. The van der Waals surface area contributed by atoms with Crippen LogP contribution in [0.25, 0.3) is 10.9 Å². The summed E-state index contributed by atoms with van der Waals surface area (Å²) in [5.74, 6) is -0.0240. The van der Waals surface area contributed by atoms with Crippen molar-refractivity contribution in [1.29, 1.82) is 5.26 Å². The van der Waals surface area contributed by atoms with Crippen LogP contribution in [0.5, 0.6) is 0 Å². The first kappa shape index (κ1) is 10.2. The molecule has 1 aliphatic heterocycles. The van der Waals surface area contributed by atoms with Gasteiger partial charge in [-0.2, -0.15) is 5.26 Å². The van der Waals surface area contributed by atoms with E-state index in [1.54, 1.807) is 6.20 Å². The molecule has 84 valence electrons. The van der Waals surface area contributed by atoms with Crippen LogP contribution in [0, 0.1) is 17.2 Å². The lowest BCUT2D eigenvalue weighted by atomic mass is 9.96. The number of nitrogens with zero attached hydrogens (tertiary/aromatic N) is 2. The summed E-state index contributed by atoms with van der Waals surface area (Å²) in [6.45, 7) is 0.675. The summed E-state index contributed by atoms with van der Waals surface area (Å²) >= 11 is 0. The predicted molar refractivity (Wildman–Crippen MR) is 64.2 cm³/mol. The van der Waals surface area contributed by atoms with Crippen LogP contribution in [0.3, 0.4) is 0 Å². The fourth-order valence-corrected chi connectivity index (χ4v) is 2.32. The van der Waals surface area contributed by atoms with Gasteiger partial charge >= 0.3 is 0 Å². The number of pyridine rings is 1. The highest BCUT2D eigenvalue weighted by molar-refractivity contribution is 5.79. The van der Waals surface area contributed by atoms with Crippen LogP contribution in [0.15, 0.2) is 36.5 Å². The molecule has 17 heavy (non-hydrogen) atoms. The first-order valence-electron chi connectivity index (χ1n) is 5.74. The summed E-state index contributed by atoms with van der Waals surface area (Å²) in [6, 6.07) is 12.3. The number of aromatic nitrogens is 1. The normalized spacial score (nSPS) is 23.7. The van der Waals surface area contributed by atoms with Crippen LogP contribution >= 0.6 is 0 Å². The van der Waals surface area contributed by atoms with E-state index in [0.29, 0.717) is 6.61 Å². The van der Waals surface area contributed by atoms with E-state index in [1.807, 2.05) is 24.3 Å². The van der Waals surface area contributed by atoms with E-state index in [9.17, 15) is 0 Å². The molecule has 3 rings (SSSR count). The first-order valence-corrected chi connectivity index (χ1v) is 5.74. The number of hydrogen-bond donors (Lipinski definition) is 0. The summed E-state index contributed by atoms with van der Waals surface area (Å²) < 4.78 is 5.65. The maximum absolute atomic E-state index is 9.07. The van der Waals surface area contributed by atoms with Crippen LogP contribution in [0.4, 0.5) is 0 Å². The van der Waals surface area contributed by atoms with Crippen molar-refractivity contribution in [2.45, 2.75) is 12.5 Å². The number of benzene rings is 1. The van der Waals surface area contributed by atoms with E-state index in [-0.39, 0.29) is 12.0 Å². The van der Waals surface area contributed by atoms with E-state index < -0.39 is 0 Å². The van der Waals surface area contributed by atoms with Crippen molar-refractivity contribution in [2.24, 2.45) is 5.92 Å². The van der Waals surface area contributed by atoms with Gasteiger partial charge in [-0.05, 0) is 30.2 Å². The lowest BCUT2D eigenvalue weighted by Gasteiger charge is -2.13. The van der Waals surface area contributed by atoms with Crippen molar-refractivity contribution in [3.05, 3.63) is 42.1 Å². The zero-order valence-electron chi connectivity index (χ0n) is 9.34. The zero-order valence-corrected chi connectivity index (χ0v) is 9.34. The van der Waals surface area contributed by atoms with Crippen LogP contribution in [0.2, 0.25) is 0 Å². The minimum atomic E-state index is -0.0791. The van der Waals surface area contributed by atoms with Crippen molar-refractivity contribution in [2.75, 3.05) is 6.61 Å². The summed E-state index contributed by atoms with van der Waals surface area (Å²) in [6.07, 6.45) is 2.53. The zero-order chi connectivity index (χ0) is 11.7. The topological polar surface area (TPSA) is 45.9 Å². The fraction of sp³-hybridized carbons (Fsp3) is 0.286. The average Bonchev–Trinajstić information content (AvgIpc) is 2.86. The molecule has 0 bridgehead atoms. The highest BCUT2D eigenvalue weighted by Crippen LogP contribution is 2.34. The molecule has 1 aromatic carbocycles. The van der Waals surface area contributed by atoms with Crippen LogP contribution in [-0.2, 0) is 4.74 Å². The number of rotatable bonds is 1. The molecule has 0 N–H and O–H groups in total. The van der Waals surface area contributed by atoms with Crippen molar-refractivity contribution in [1.82, 2.24) is 4.98 Å². The Morgan fingerprint density at radius 3 is 3.18 bits per heavy atom. The van der Waals surface area contributed by atoms with Gasteiger partial charge in [-0.1, -0.05) is 12.1 Å². The average molecular weight is 224 g/mol. The molecule has 3 heteroatoms. The molecule has 1 fully saturated rings. The molecule has 0 amide bonds. The van der Waals surface area contributed by atoms with Gasteiger partial charge in [-0.25, -0.2) is 0 Å². The largest absolute Gasteiger partial charge is 0.372 e. The van der Waals surface area contributed by atoms with Gasteiger partial charge in [0.2, 0.25) is 0 Å². The Morgan fingerprint density at radius 1 is 1.35 bits per heavy atom. The Hall–Kier alpha value is -1.92. The minimum Gasteiger partial charge on any atom is -0.372 e. The molecule has 2 unspecified atom stereocenters. The molecule has 2 atom stereocenters. The number of nitriles is 1. The molecule has 2 heterocycles. The summed E-state index contributed by atoms with van der Waals surface area (Å²) in [4.78, 5) is 4.28. The van der Waals surface area contributed by atoms with E-state index in [0.717, 1.165) is 22.9 Å². The summed E-state index contributed by atoms with van der Waals surface area (Å²) in [7, 11) is 0. The Bertz CT molecular complexity index is 588. The molecule has 2 aromatic rings. The van der Waals surface area contributed by atoms with E-state index in [1.165, 1.54) is 0 Å².